The van der Waals surface area contributed by atoms with Crippen LogP contribution in [-0.2, 0) is 19.0 Å². The van der Waals surface area contributed by atoms with E-state index in [9.17, 15) is 4.79 Å². The zero-order chi connectivity index (χ0) is 12.9. The lowest BCUT2D eigenvalue weighted by atomic mass is 10.3. The van der Waals surface area contributed by atoms with Gasteiger partial charge in [0.1, 0.15) is 6.61 Å². The molecule has 0 aliphatic carbocycles. The van der Waals surface area contributed by atoms with Crippen LogP contribution in [-0.4, -0.2) is 71.1 Å². The van der Waals surface area contributed by atoms with Crippen LogP contribution in [0.3, 0.4) is 0 Å². The summed E-state index contributed by atoms with van der Waals surface area (Å²) in [5, 5.41) is 0. The molecule has 0 spiro atoms. The maximum absolute atomic E-state index is 11.8. The molecule has 0 saturated carbocycles. The van der Waals surface area contributed by atoms with Gasteiger partial charge in [-0.2, -0.15) is 0 Å². The fourth-order valence-electron chi connectivity index (χ4n) is 1.24. The Hall–Kier alpha value is -0.690. The topological polar surface area (TPSA) is 74.0 Å². The molecule has 17 heavy (non-hydrogen) atoms. The van der Waals surface area contributed by atoms with E-state index < -0.39 is 0 Å². The maximum Gasteiger partial charge on any atom is 0.248 e. The summed E-state index contributed by atoms with van der Waals surface area (Å²) in [6.45, 7) is 3.31. The summed E-state index contributed by atoms with van der Waals surface area (Å²) in [6.07, 6.45) is 0.785. The normalized spacial score (nSPS) is 10.5. The number of nitrogens with zero attached hydrogens (tertiary/aromatic N) is 1. The largest absolute Gasteiger partial charge is 0.383 e. The summed E-state index contributed by atoms with van der Waals surface area (Å²) in [4.78, 5) is 13.5. The molecular weight excluding hydrogens is 224 g/mol. The van der Waals surface area contributed by atoms with E-state index in [-0.39, 0.29) is 12.5 Å². The van der Waals surface area contributed by atoms with Crippen LogP contribution >= 0.6 is 0 Å². The van der Waals surface area contributed by atoms with Crippen LogP contribution in [0.25, 0.3) is 0 Å². The van der Waals surface area contributed by atoms with Gasteiger partial charge in [-0.15, -0.1) is 0 Å². The Morgan fingerprint density at radius 1 is 1.12 bits per heavy atom. The molecule has 0 rings (SSSR count). The summed E-state index contributed by atoms with van der Waals surface area (Å²) in [6, 6.07) is 0. The van der Waals surface area contributed by atoms with Gasteiger partial charge in [-0.1, -0.05) is 0 Å². The number of hydrogen-bond acceptors (Lipinski definition) is 5. The third-order valence-electron chi connectivity index (χ3n) is 2.21. The van der Waals surface area contributed by atoms with Crippen molar-refractivity contribution < 1.29 is 19.0 Å². The number of nitrogens with two attached hydrogens (primary N) is 1. The lowest BCUT2D eigenvalue weighted by Crippen LogP contribution is -2.38. The molecule has 0 heterocycles. The molecule has 0 atom stereocenters. The van der Waals surface area contributed by atoms with E-state index in [4.69, 9.17) is 19.9 Å². The van der Waals surface area contributed by atoms with E-state index in [1.165, 1.54) is 0 Å². The second-order valence-electron chi connectivity index (χ2n) is 3.56. The average Bonchev–Trinajstić information content (AvgIpc) is 2.34. The number of carbonyl (C=O) groups excluding carboxylic acids is 1. The molecule has 0 radical (unpaired) electrons. The molecule has 0 unspecified atom stereocenters. The van der Waals surface area contributed by atoms with Crippen molar-refractivity contribution in [3.63, 3.8) is 0 Å². The van der Waals surface area contributed by atoms with E-state index in [1.807, 2.05) is 0 Å². The Morgan fingerprint density at radius 2 is 1.82 bits per heavy atom. The van der Waals surface area contributed by atoms with Gasteiger partial charge in [0, 0.05) is 27.3 Å². The van der Waals surface area contributed by atoms with Crippen LogP contribution in [0.5, 0.6) is 0 Å². The Balaban J connectivity index is 3.85. The highest BCUT2D eigenvalue weighted by atomic mass is 16.5. The van der Waals surface area contributed by atoms with Crippen LogP contribution in [0.2, 0.25) is 0 Å². The molecule has 0 aromatic rings. The van der Waals surface area contributed by atoms with Gasteiger partial charge in [0.15, 0.2) is 0 Å². The predicted octanol–water partition coefficient (Wildman–Crippen LogP) is -0.527. The first-order valence-electron chi connectivity index (χ1n) is 5.79. The SMILES string of the molecule is COCCOCC(=O)N(CCCN)CCOC. The highest BCUT2D eigenvalue weighted by Gasteiger charge is 2.12. The summed E-state index contributed by atoms with van der Waals surface area (Å²) in [7, 11) is 3.21. The predicted molar refractivity (Wildman–Crippen MR) is 64.8 cm³/mol. The summed E-state index contributed by atoms with van der Waals surface area (Å²) in [5.74, 6) is -0.0356. The van der Waals surface area contributed by atoms with Gasteiger partial charge < -0.3 is 24.8 Å². The molecule has 0 aromatic heterocycles. The van der Waals surface area contributed by atoms with Gasteiger partial charge in [-0.05, 0) is 13.0 Å². The molecule has 0 aromatic carbocycles. The molecule has 102 valence electrons. The zero-order valence-electron chi connectivity index (χ0n) is 10.8. The summed E-state index contributed by atoms with van der Waals surface area (Å²) in [5.41, 5.74) is 5.43. The molecule has 0 saturated heterocycles. The fraction of sp³-hybridized carbons (Fsp3) is 0.909. The first-order valence-corrected chi connectivity index (χ1v) is 5.79. The highest BCUT2D eigenvalue weighted by molar-refractivity contribution is 5.77. The van der Waals surface area contributed by atoms with Crippen LogP contribution < -0.4 is 5.73 Å². The van der Waals surface area contributed by atoms with Crippen LogP contribution in [0.15, 0.2) is 0 Å². The standard InChI is InChI=1S/C11H24N2O4/c1-15-7-6-13(5-3-4-12)11(14)10-17-9-8-16-2/h3-10,12H2,1-2H3. The number of carbonyl (C=O) groups is 1. The van der Waals surface area contributed by atoms with Gasteiger partial charge in [0.2, 0.25) is 5.91 Å². The molecular formula is C11H24N2O4. The summed E-state index contributed by atoms with van der Waals surface area (Å²) < 4.78 is 15.0. The van der Waals surface area contributed by atoms with Gasteiger partial charge in [0.25, 0.3) is 0 Å². The second-order valence-corrected chi connectivity index (χ2v) is 3.56. The maximum atomic E-state index is 11.8. The van der Waals surface area contributed by atoms with Crippen molar-refractivity contribution >= 4 is 5.91 Å². The molecule has 0 bridgehead atoms. The van der Waals surface area contributed by atoms with Crippen LogP contribution in [0, 0.1) is 0 Å². The van der Waals surface area contributed by atoms with Gasteiger partial charge in [-0.3, -0.25) is 4.79 Å². The quantitative estimate of drug-likeness (QED) is 0.498. The third-order valence-corrected chi connectivity index (χ3v) is 2.21. The molecule has 6 heteroatoms. The minimum atomic E-state index is -0.0356. The number of ether oxygens (including phenoxy) is 3. The van der Waals surface area contributed by atoms with E-state index in [0.29, 0.717) is 39.5 Å². The molecule has 0 aliphatic heterocycles. The minimum absolute atomic E-state index is 0.0356. The molecule has 2 N–H and O–H groups in total. The number of amides is 1. The smallest absolute Gasteiger partial charge is 0.248 e. The highest BCUT2D eigenvalue weighted by Crippen LogP contribution is 1.94. The van der Waals surface area contributed by atoms with E-state index in [2.05, 4.69) is 0 Å². The number of rotatable bonds is 11. The van der Waals surface area contributed by atoms with Gasteiger partial charge in [-0.25, -0.2) is 0 Å². The number of hydrogen-bond donors (Lipinski definition) is 1. The second kappa shape index (κ2) is 11.8. The Labute approximate surface area is 103 Å². The summed E-state index contributed by atoms with van der Waals surface area (Å²) >= 11 is 0. The lowest BCUT2D eigenvalue weighted by Gasteiger charge is -2.22. The molecule has 0 aliphatic rings. The van der Waals surface area contributed by atoms with Gasteiger partial charge >= 0.3 is 0 Å². The van der Waals surface area contributed by atoms with E-state index >= 15 is 0 Å². The number of methoxy groups -OCH3 is 2. The van der Waals surface area contributed by atoms with E-state index in [0.717, 1.165) is 6.42 Å². The Bertz CT molecular complexity index is 182. The lowest BCUT2D eigenvalue weighted by molar-refractivity contribution is -0.137. The van der Waals surface area contributed by atoms with Crippen molar-refractivity contribution in [1.29, 1.82) is 0 Å². The third kappa shape index (κ3) is 9.05. The van der Waals surface area contributed by atoms with Crippen LogP contribution in [0.4, 0.5) is 0 Å². The minimum Gasteiger partial charge on any atom is -0.383 e. The Kier molecular flexibility index (Phi) is 11.3. The first kappa shape index (κ1) is 16.3. The van der Waals surface area contributed by atoms with Crippen molar-refractivity contribution in [3.05, 3.63) is 0 Å². The van der Waals surface area contributed by atoms with Crippen molar-refractivity contribution in [2.45, 2.75) is 6.42 Å². The molecule has 1 amide bonds. The fourth-order valence-corrected chi connectivity index (χ4v) is 1.24. The van der Waals surface area contributed by atoms with Crippen molar-refractivity contribution in [2.75, 3.05) is 60.3 Å². The molecule has 0 fully saturated rings. The van der Waals surface area contributed by atoms with Crippen molar-refractivity contribution in [3.8, 4) is 0 Å². The monoisotopic (exact) mass is 248 g/mol. The average molecular weight is 248 g/mol. The van der Waals surface area contributed by atoms with E-state index in [1.54, 1.807) is 19.1 Å². The molecule has 6 nitrogen and oxygen atoms in total. The van der Waals surface area contributed by atoms with Crippen molar-refractivity contribution in [2.24, 2.45) is 5.73 Å². The van der Waals surface area contributed by atoms with Gasteiger partial charge in [0.05, 0.1) is 19.8 Å². The van der Waals surface area contributed by atoms with Crippen molar-refractivity contribution in [1.82, 2.24) is 4.90 Å². The van der Waals surface area contributed by atoms with Crippen LogP contribution in [0.1, 0.15) is 6.42 Å². The first-order chi connectivity index (χ1) is 8.26. The zero-order valence-corrected chi connectivity index (χ0v) is 10.8. The Morgan fingerprint density at radius 3 is 2.41 bits per heavy atom.